The number of rotatable bonds is 4. The molecule has 0 fully saturated rings. The van der Waals surface area contributed by atoms with E-state index < -0.39 is 0 Å². The van der Waals surface area contributed by atoms with Gasteiger partial charge >= 0.3 is 0 Å². The summed E-state index contributed by atoms with van der Waals surface area (Å²) < 4.78 is 0. The Labute approximate surface area is 121 Å². The molecule has 5 heteroatoms. The molecular formula is C15H14N2O2S. The van der Waals surface area contributed by atoms with Gasteiger partial charge in [0.25, 0.3) is 5.91 Å². The first kappa shape index (κ1) is 14.3. The predicted octanol–water partition coefficient (Wildman–Crippen LogP) is 1.81. The van der Waals surface area contributed by atoms with Crippen molar-refractivity contribution in [3.8, 4) is 11.8 Å². The number of nitrogens with zero attached hydrogens (tertiary/aromatic N) is 1. The first-order valence-corrected chi connectivity index (χ1v) is 7.03. The van der Waals surface area contributed by atoms with Crippen molar-refractivity contribution in [2.75, 3.05) is 6.61 Å². The van der Waals surface area contributed by atoms with Gasteiger partial charge in [-0.25, -0.2) is 0 Å². The molecule has 2 aromatic heterocycles. The second-order valence-corrected chi connectivity index (χ2v) is 4.92. The summed E-state index contributed by atoms with van der Waals surface area (Å²) in [4.78, 5) is 16.7. The van der Waals surface area contributed by atoms with Gasteiger partial charge in [-0.15, -0.1) is 11.3 Å². The van der Waals surface area contributed by atoms with Gasteiger partial charge in [-0.2, -0.15) is 0 Å². The van der Waals surface area contributed by atoms with Crippen LogP contribution in [0.3, 0.4) is 0 Å². The maximum atomic E-state index is 12.0. The number of aliphatic hydroxyl groups excluding tert-OH is 1. The van der Waals surface area contributed by atoms with E-state index in [-0.39, 0.29) is 12.5 Å². The Kier molecular flexibility index (Phi) is 5.30. The van der Waals surface area contributed by atoms with Crippen molar-refractivity contribution in [3.63, 3.8) is 0 Å². The maximum Gasteiger partial charge on any atom is 0.252 e. The highest BCUT2D eigenvalue weighted by atomic mass is 32.1. The molecule has 2 rings (SSSR count). The SMILES string of the molecule is O=C(NCc1ccncc1)c1csc(C#CCCO)c1. The van der Waals surface area contributed by atoms with Crippen LogP contribution in [0, 0.1) is 11.8 Å². The molecule has 2 aromatic rings. The summed E-state index contributed by atoms with van der Waals surface area (Å²) in [6.45, 7) is 0.528. The predicted molar refractivity (Wildman–Crippen MR) is 78.3 cm³/mol. The van der Waals surface area contributed by atoms with Gasteiger partial charge in [0.1, 0.15) is 0 Å². The minimum absolute atomic E-state index is 0.0532. The summed E-state index contributed by atoms with van der Waals surface area (Å²) in [5, 5.41) is 13.3. The number of amides is 1. The highest BCUT2D eigenvalue weighted by molar-refractivity contribution is 7.10. The number of hydrogen-bond acceptors (Lipinski definition) is 4. The number of nitrogens with one attached hydrogen (secondary N) is 1. The lowest BCUT2D eigenvalue weighted by Gasteiger charge is -2.02. The third-order valence-corrected chi connectivity index (χ3v) is 3.36. The van der Waals surface area contributed by atoms with Crippen molar-refractivity contribution in [1.29, 1.82) is 0 Å². The van der Waals surface area contributed by atoms with Crippen molar-refractivity contribution in [3.05, 3.63) is 52.0 Å². The molecule has 0 aliphatic heterocycles. The van der Waals surface area contributed by atoms with Crippen LogP contribution in [-0.2, 0) is 6.54 Å². The Morgan fingerprint density at radius 1 is 1.40 bits per heavy atom. The van der Waals surface area contributed by atoms with E-state index in [0.717, 1.165) is 10.4 Å². The van der Waals surface area contributed by atoms with Crippen molar-refractivity contribution in [1.82, 2.24) is 10.3 Å². The van der Waals surface area contributed by atoms with E-state index in [9.17, 15) is 4.79 Å². The van der Waals surface area contributed by atoms with Crippen molar-refractivity contribution < 1.29 is 9.90 Å². The third-order valence-electron chi connectivity index (χ3n) is 2.51. The first-order valence-electron chi connectivity index (χ1n) is 6.15. The molecule has 2 heterocycles. The molecule has 102 valence electrons. The van der Waals surface area contributed by atoms with Crippen molar-refractivity contribution in [2.24, 2.45) is 0 Å². The zero-order valence-electron chi connectivity index (χ0n) is 10.8. The highest BCUT2D eigenvalue weighted by Crippen LogP contribution is 2.13. The Balaban J connectivity index is 1.92. The molecule has 0 bridgehead atoms. The minimum atomic E-state index is -0.117. The zero-order valence-corrected chi connectivity index (χ0v) is 11.6. The van der Waals surface area contributed by atoms with Gasteiger partial charge < -0.3 is 10.4 Å². The fourth-order valence-electron chi connectivity index (χ4n) is 1.51. The van der Waals surface area contributed by atoms with Crippen LogP contribution in [0.1, 0.15) is 27.2 Å². The van der Waals surface area contributed by atoms with Crippen LogP contribution in [0.2, 0.25) is 0 Å². The van der Waals surface area contributed by atoms with Gasteiger partial charge in [-0.05, 0) is 23.8 Å². The van der Waals surface area contributed by atoms with E-state index in [1.54, 1.807) is 23.8 Å². The number of pyridine rings is 1. The number of aromatic nitrogens is 1. The topological polar surface area (TPSA) is 62.2 Å². The monoisotopic (exact) mass is 286 g/mol. The van der Waals surface area contributed by atoms with Crippen molar-refractivity contribution in [2.45, 2.75) is 13.0 Å². The van der Waals surface area contributed by atoms with Gasteiger partial charge in [0.2, 0.25) is 0 Å². The number of aliphatic hydroxyl groups is 1. The van der Waals surface area contributed by atoms with E-state index in [0.29, 0.717) is 18.5 Å². The van der Waals surface area contributed by atoms with Crippen LogP contribution in [0.15, 0.2) is 36.0 Å². The molecule has 1 amide bonds. The molecule has 0 saturated heterocycles. The van der Waals surface area contributed by atoms with Crippen molar-refractivity contribution >= 4 is 17.2 Å². The lowest BCUT2D eigenvalue weighted by Crippen LogP contribution is -2.22. The van der Waals surface area contributed by atoms with Gasteiger partial charge in [0, 0.05) is 30.7 Å². The molecular weight excluding hydrogens is 272 g/mol. The quantitative estimate of drug-likeness (QED) is 0.843. The molecule has 0 aliphatic rings. The number of carbonyl (C=O) groups is 1. The molecule has 0 radical (unpaired) electrons. The zero-order chi connectivity index (χ0) is 14.2. The largest absolute Gasteiger partial charge is 0.395 e. The summed E-state index contributed by atoms with van der Waals surface area (Å²) >= 11 is 1.42. The van der Waals surface area contributed by atoms with Gasteiger partial charge in [-0.1, -0.05) is 11.8 Å². The molecule has 20 heavy (non-hydrogen) atoms. The Morgan fingerprint density at radius 3 is 2.95 bits per heavy atom. The van der Waals surface area contributed by atoms with Gasteiger partial charge in [0.05, 0.1) is 17.0 Å². The normalized spacial score (nSPS) is 9.65. The van der Waals surface area contributed by atoms with Crippen LogP contribution in [0.5, 0.6) is 0 Å². The van der Waals surface area contributed by atoms with E-state index in [1.165, 1.54) is 11.3 Å². The number of carbonyl (C=O) groups excluding carboxylic acids is 1. The van der Waals surface area contributed by atoms with E-state index >= 15 is 0 Å². The summed E-state index contributed by atoms with van der Waals surface area (Å²) in [5.74, 6) is 5.63. The number of thiophene rings is 1. The number of hydrogen-bond donors (Lipinski definition) is 2. The van der Waals surface area contributed by atoms with Gasteiger partial charge in [-0.3, -0.25) is 9.78 Å². The van der Waals surface area contributed by atoms with Crippen LogP contribution < -0.4 is 5.32 Å². The second-order valence-electron chi connectivity index (χ2n) is 4.01. The fraction of sp³-hybridized carbons (Fsp3) is 0.200. The Morgan fingerprint density at radius 2 is 2.20 bits per heavy atom. The molecule has 0 unspecified atom stereocenters. The van der Waals surface area contributed by atoms with Crippen LogP contribution in [0.25, 0.3) is 0 Å². The van der Waals surface area contributed by atoms with E-state index in [1.807, 2.05) is 12.1 Å². The third kappa shape index (κ3) is 4.19. The first-order chi connectivity index (χ1) is 9.79. The minimum Gasteiger partial charge on any atom is -0.395 e. The summed E-state index contributed by atoms with van der Waals surface area (Å²) in [6, 6.07) is 5.48. The summed E-state index contributed by atoms with van der Waals surface area (Å²) in [5.41, 5.74) is 1.61. The Bertz CT molecular complexity index is 626. The average molecular weight is 286 g/mol. The summed E-state index contributed by atoms with van der Waals surface area (Å²) in [6.07, 6.45) is 3.84. The van der Waals surface area contributed by atoms with Crippen LogP contribution in [0.4, 0.5) is 0 Å². The second kappa shape index (κ2) is 7.43. The standard InChI is InChI=1S/C15H14N2O2S/c18-8-2-1-3-14-9-13(11-20-14)15(19)17-10-12-4-6-16-7-5-12/h4-7,9,11,18H,2,8,10H2,(H,17,19). The Hall–Kier alpha value is -2.16. The molecule has 0 spiro atoms. The molecule has 0 atom stereocenters. The van der Waals surface area contributed by atoms with Crippen LogP contribution >= 0.6 is 11.3 Å². The van der Waals surface area contributed by atoms with Gasteiger partial charge in [0.15, 0.2) is 0 Å². The molecule has 4 nitrogen and oxygen atoms in total. The molecule has 0 saturated carbocycles. The lowest BCUT2D eigenvalue weighted by atomic mass is 10.2. The molecule has 0 aliphatic carbocycles. The molecule has 0 aromatic carbocycles. The summed E-state index contributed by atoms with van der Waals surface area (Å²) in [7, 11) is 0. The molecule has 2 N–H and O–H groups in total. The maximum absolute atomic E-state index is 12.0. The van der Waals surface area contributed by atoms with E-state index in [2.05, 4.69) is 22.1 Å². The van der Waals surface area contributed by atoms with E-state index in [4.69, 9.17) is 5.11 Å². The average Bonchev–Trinajstić information content (AvgIpc) is 2.95. The smallest absolute Gasteiger partial charge is 0.252 e. The lowest BCUT2D eigenvalue weighted by molar-refractivity contribution is 0.0951. The highest BCUT2D eigenvalue weighted by Gasteiger charge is 2.07. The van der Waals surface area contributed by atoms with Crippen LogP contribution in [-0.4, -0.2) is 22.6 Å². The fourth-order valence-corrected chi connectivity index (χ4v) is 2.27.